The predicted octanol–water partition coefficient (Wildman–Crippen LogP) is 3.95. The molecular formula is C14H14N2S. The molecule has 3 heteroatoms. The summed E-state index contributed by atoms with van der Waals surface area (Å²) in [5.41, 5.74) is 1.18. The van der Waals surface area contributed by atoms with Crippen LogP contribution >= 0.6 is 11.8 Å². The molecule has 0 radical (unpaired) electrons. The van der Waals surface area contributed by atoms with Gasteiger partial charge in [-0.25, -0.2) is 0 Å². The fraction of sp³-hybridized carbons (Fsp3) is 0.357. The highest BCUT2D eigenvalue weighted by Gasteiger charge is 2.28. The van der Waals surface area contributed by atoms with E-state index in [1.165, 1.54) is 22.3 Å². The largest absolute Gasteiger partial charge is 0.350 e. The number of fused-ring (bicyclic) bond motifs is 1. The Kier molecular flexibility index (Phi) is 2.82. The van der Waals surface area contributed by atoms with Crippen LogP contribution in [0.15, 0.2) is 35.4 Å². The molecule has 17 heavy (non-hydrogen) atoms. The van der Waals surface area contributed by atoms with Gasteiger partial charge in [-0.15, -0.1) is 11.8 Å². The first-order valence-electron chi connectivity index (χ1n) is 6.01. The summed E-state index contributed by atoms with van der Waals surface area (Å²) in [5.74, 6) is 0.228. The number of thioether (sulfide) groups is 1. The number of nitrogens with one attached hydrogen (secondary N) is 1. The normalized spacial score (nSPS) is 23.9. The van der Waals surface area contributed by atoms with Crippen molar-refractivity contribution in [2.75, 3.05) is 0 Å². The van der Waals surface area contributed by atoms with Crippen LogP contribution in [-0.4, -0.2) is 10.2 Å². The highest BCUT2D eigenvalue weighted by Crippen LogP contribution is 2.39. The van der Waals surface area contributed by atoms with Crippen LogP contribution in [0.2, 0.25) is 0 Å². The molecule has 2 unspecified atom stereocenters. The lowest BCUT2D eigenvalue weighted by Crippen LogP contribution is -2.07. The zero-order valence-corrected chi connectivity index (χ0v) is 10.3. The predicted molar refractivity (Wildman–Crippen MR) is 70.9 cm³/mol. The van der Waals surface area contributed by atoms with E-state index < -0.39 is 0 Å². The fourth-order valence-corrected chi connectivity index (χ4v) is 3.82. The highest BCUT2D eigenvalue weighted by atomic mass is 32.2. The average molecular weight is 242 g/mol. The van der Waals surface area contributed by atoms with Crippen molar-refractivity contribution < 1.29 is 0 Å². The van der Waals surface area contributed by atoms with Gasteiger partial charge < -0.3 is 4.98 Å². The van der Waals surface area contributed by atoms with Crippen LogP contribution in [-0.2, 0) is 0 Å². The molecule has 1 aliphatic carbocycles. The molecule has 1 aromatic carbocycles. The second kappa shape index (κ2) is 4.46. The highest BCUT2D eigenvalue weighted by molar-refractivity contribution is 7.99. The molecule has 1 heterocycles. The molecule has 0 amide bonds. The molecule has 1 fully saturated rings. The van der Waals surface area contributed by atoms with Crippen molar-refractivity contribution >= 4 is 22.7 Å². The van der Waals surface area contributed by atoms with Crippen molar-refractivity contribution in [3.63, 3.8) is 0 Å². The molecule has 86 valence electrons. The molecule has 2 nitrogen and oxygen atoms in total. The number of hydrogen-bond acceptors (Lipinski definition) is 2. The van der Waals surface area contributed by atoms with Crippen molar-refractivity contribution in [1.29, 1.82) is 5.26 Å². The van der Waals surface area contributed by atoms with Crippen LogP contribution < -0.4 is 0 Å². The van der Waals surface area contributed by atoms with E-state index in [0.29, 0.717) is 5.25 Å². The molecule has 1 aromatic heterocycles. The third-order valence-corrected chi connectivity index (χ3v) is 4.74. The van der Waals surface area contributed by atoms with Gasteiger partial charge in [-0.05, 0) is 25.0 Å². The van der Waals surface area contributed by atoms with Crippen molar-refractivity contribution in [2.24, 2.45) is 5.92 Å². The van der Waals surface area contributed by atoms with Crippen molar-refractivity contribution in [3.05, 3.63) is 30.3 Å². The van der Waals surface area contributed by atoms with Gasteiger partial charge in [-0.3, -0.25) is 0 Å². The zero-order chi connectivity index (χ0) is 11.7. The van der Waals surface area contributed by atoms with E-state index in [-0.39, 0.29) is 5.92 Å². The summed E-state index contributed by atoms with van der Waals surface area (Å²) >= 11 is 1.83. The molecule has 0 saturated heterocycles. The van der Waals surface area contributed by atoms with Crippen LogP contribution in [0, 0.1) is 17.2 Å². The molecule has 2 aromatic rings. The van der Waals surface area contributed by atoms with Crippen molar-refractivity contribution in [2.45, 2.75) is 29.5 Å². The lowest BCUT2D eigenvalue weighted by molar-refractivity contribution is 0.714. The standard InChI is InChI=1S/C14H14N2S/c15-9-11-5-3-7-13(11)17-14-8-10-4-1-2-6-12(10)16-14/h1-2,4,6,8,11,13,16H,3,5,7H2. The second-order valence-corrected chi connectivity index (χ2v) is 5.82. The Bertz CT molecular complexity index is 534. The van der Waals surface area contributed by atoms with Crippen LogP contribution in [0.5, 0.6) is 0 Å². The SMILES string of the molecule is N#CC1CCCC1Sc1cc2ccccc2[nH]1. The minimum Gasteiger partial charge on any atom is -0.350 e. The number of rotatable bonds is 2. The summed E-state index contributed by atoms with van der Waals surface area (Å²) in [6.07, 6.45) is 3.42. The number of aromatic nitrogens is 1. The van der Waals surface area contributed by atoms with E-state index in [2.05, 4.69) is 35.3 Å². The van der Waals surface area contributed by atoms with Gasteiger partial charge in [-0.1, -0.05) is 24.6 Å². The number of para-hydroxylation sites is 1. The molecule has 3 rings (SSSR count). The van der Waals surface area contributed by atoms with Crippen LogP contribution in [0.25, 0.3) is 10.9 Å². The van der Waals surface area contributed by atoms with Gasteiger partial charge in [0, 0.05) is 16.2 Å². The summed E-state index contributed by atoms with van der Waals surface area (Å²) in [7, 11) is 0. The first kappa shape index (κ1) is 10.7. The van der Waals surface area contributed by atoms with Crippen LogP contribution in [0.4, 0.5) is 0 Å². The maximum absolute atomic E-state index is 9.08. The minimum absolute atomic E-state index is 0.228. The van der Waals surface area contributed by atoms with E-state index in [4.69, 9.17) is 5.26 Å². The van der Waals surface area contributed by atoms with Crippen molar-refractivity contribution in [3.8, 4) is 6.07 Å². The molecule has 0 spiro atoms. The van der Waals surface area contributed by atoms with E-state index in [1.54, 1.807) is 0 Å². The molecule has 1 N–H and O–H groups in total. The molecular weight excluding hydrogens is 228 g/mol. The smallest absolute Gasteiger partial charge is 0.0735 e. The molecule has 0 aliphatic heterocycles. The summed E-state index contributed by atoms with van der Waals surface area (Å²) < 4.78 is 0. The first-order chi connectivity index (χ1) is 8.36. The van der Waals surface area contributed by atoms with E-state index in [9.17, 15) is 0 Å². The number of H-pyrrole nitrogens is 1. The molecule has 0 bridgehead atoms. The Balaban J connectivity index is 1.83. The Morgan fingerprint density at radius 1 is 1.29 bits per heavy atom. The van der Waals surface area contributed by atoms with Gasteiger partial charge in [0.05, 0.1) is 17.0 Å². The topological polar surface area (TPSA) is 39.6 Å². The van der Waals surface area contributed by atoms with Crippen LogP contribution in [0.3, 0.4) is 0 Å². The Labute approximate surface area is 105 Å². The Morgan fingerprint density at radius 2 is 2.18 bits per heavy atom. The van der Waals surface area contributed by atoms with Gasteiger partial charge in [0.1, 0.15) is 0 Å². The first-order valence-corrected chi connectivity index (χ1v) is 6.89. The average Bonchev–Trinajstić information content (AvgIpc) is 2.94. The lowest BCUT2D eigenvalue weighted by Gasteiger charge is -2.10. The third-order valence-electron chi connectivity index (χ3n) is 3.40. The second-order valence-electron chi connectivity index (χ2n) is 4.54. The summed E-state index contributed by atoms with van der Waals surface area (Å²) in [5, 5.41) is 12.0. The van der Waals surface area contributed by atoms with E-state index >= 15 is 0 Å². The fourth-order valence-electron chi connectivity index (χ4n) is 2.49. The van der Waals surface area contributed by atoms with Gasteiger partial charge in [0.2, 0.25) is 0 Å². The maximum Gasteiger partial charge on any atom is 0.0735 e. The Hall–Kier alpha value is -1.40. The molecule has 2 atom stereocenters. The number of aromatic amines is 1. The maximum atomic E-state index is 9.08. The number of hydrogen-bond donors (Lipinski definition) is 1. The van der Waals surface area contributed by atoms with E-state index in [0.717, 1.165) is 12.8 Å². The van der Waals surface area contributed by atoms with Crippen LogP contribution in [0.1, 0.15) is 19.3 Å². The number of benzene rings is 1. The quantitative estimate of drug-likeness (QED) is 0.866. The van der Waals surface area contributed by atoms with E-state index in [1.807, 2.05) is 17.8 Å². The molecule has 1 aliphatic rings. The Morgan fingerprint density at radius 3 is 3.00 bits per heavy atom. The van der Waals surface area contributed by atoms with Gasteiger partial charge >= 0.3 is 0 Å². The third kappa shape index (κ3) is 2.05. The minimum atomic E-state index is 0.228. The van der Waals surface area contributed by atoms with Crippen molar-refractivity contribution in [1.82, 2.24) is 4.98 Å². The molecule has 1 saturated carbocycles. The monoisotopic (exact) mass is 242 g/mol. The summed E-state index contributed by atoms with van der Waals surface area (Å²) in [6, 6.07) is 12.9. The van der Waals surface area contributed by atoms with Gasteiger partial charge in [-0.2, -0.15) is 5.26 Å². The summed E-state index contributed by atoms with van der Waals surface area (Å²) in [4.78, 5) is 3.42. The number of nitriles is 1. The summed E-state index contributed by atoms with van der Waals surface area (Å²) in [6.45, 7) is 0. The van der Waals surface area contributed by atoms with Gasteiger partial charge in [0.15, 0.2) is 0 Å². The number of nitrogens with zero attached hydrogens (tertiary/aromatic N) is 1. The van der Waals surface area contributed by atoms with Gasteiger partial charge in [0.25, 0.3) is 0 Å². The zero-order valence-electron chi connectivity index (χ0n) is 9.52. The lowest BCUT2D eigenvalue weighted by atomic mass is 10.1.